The largest absolute Gasteiger partial charge is 0.497 e. The molecule has 0 radical (unpaired) electrons. The van der Waals surface area contributed by atoms with E-state index in [9.17, 15) is 0 Å². The number of aromatic nitrogens is 3. The van der Waals surface area contributed by atoms with Crippen molar-refractivity contribution in [2.45, 2.75) is 26.3 Å². The van der Waals surface area contributed by atoms with Gasteiger partial charge >= 0.3 is 0 Å². The summed E-state index contributed by atoms with van der Waals surface area (Å²) in [7, 11) is 1.66. The van der Waals surface area contributed by atoms with Crippen molar-refractivity contribution >= 4 is 11.9 Å². The average molecular weight is 405 g/mol. The number of anilines is 2. The maximum atomic E-state index is 5.51. The lowest BCUT2D eigenvalue weighted by molar-refractivity contribution is 0.0547. The van der Waals surface area contributed by atoms with E-state index < -0.39 is 0 Å². The first kappa shape index (κ1) is 22.8. The molecular weight excluding hydrogens is 372 g/mol. The van der Waals surface area contributed by atoms with Gasteiger partial charge in [-0.15, -0.1) is 0 Å². The Bertz CT molecular complexity index is 729. The van der Waals surface area contributed by atoms with Crippen LogP contribution >= 0.6 is 0 Å². The monoisotopic (exact) mass is 404 g/mol. The second kappa shape index (κ2) is 12.9. The predicted octanol–water partition coefficient (Wildman–Crippen LogP) is 2.02. The van der Waals surface area contributed by atoms with Crippen LogP contribution in [0.15, 0.2) is 24.3 Å². The fourth-order valence-corrected chi connectivity index (χ4v) is 2.41. The van der Waals surface area contributed by atoms with Crippen LogP contribution in [0.25, 0.3) is 0 Å². The van der Waals surface area contributed by atoms with Crippen molar-refractivity contribution in [2.24, 2.45) is 5.73 Å². The highest BCUT2D eigenvalue weighted by molar-refractivity contribution is 5.37. The summed E-state index contributed by atoms with van der Waals surface area (Å²) in [5.41, 5.74) is 6.44. The van der Waals surface area contributed by atoms with Gasteiger partial charge in [0.1, 0.15) is 11.6 Å². The number of methoxy groups -OCH3 is 1. The Balaban J connectivity index is 1.87. The Morgan fingerprint density at radius 1 is 0.966 bits per heavy atom. The minimum absolute atomic E-state index is 0.187. The molecule has 0 unspecified atom stereocenters. The van der Waals surface area contributed by atoms with Gasteiger partial charge in [-0.05, 0) is 17.7 Å². The summed E-state index contributed by atoms with van der Waals surface area (Å²) in [4.78, 5) is 13.5. The first-order valence-electron chi connectivity index (χ1n) is 9.84. The third-order valence-electron chi connectivity index (χ3n) is 3.92. The highest BCUT2D eigenvalue weighted by Crippen LogP contribution is 2.16. The Morgan fingerprint density at radius 3 is 2.38 bits per heavy atom. The second-order valence-corrected chi connectivity index (χ2v) is 6.64. The molecule has 0 atom stereocenters. The van der Waals surface area contributed by atoms with E-state index in [-0.39, 0.29) is 5.92 Å². The van der Waals surface area contributed by atoms with Crippen LogP contribution in [0.2, 0.25) is 0 Å². The first-order valence-corrected chi connectivity index (χ1v) is 9.84. The number of nitrogens with one attached hydrogen (secondary N) is 2. The molecule has 0 bridgehead atoms. The third kappa shape index (κ3) is 8.59. The molecular formula is C20H32N6O3. The molecule has 1 aromatic carbocycles. The van der Waals surface area contributed by atoms with Crippen LogP contribution in [0.3, 0.4) is 0 Å². The fourth-order valence-electron chi connectivity index (χ4n) is 2.41. The number of hydrogen-bond acceptors (Lipinski definition) is 9. The Kier molecular flexibility index (Phi) is 10.1. The average Bonchev–Trinajstić information content (AvgIpc) is 2.74. The van der Waals surface area contributed by atoms with Gasteiger partial charge < -0.3 is 30.6 Å². The van der Waals surface area contributed by atoms with Gasteiger partial charge in [-0.25, -0.2) is 0 Å². The van der Waals surface area contributed by atoms with E-state index in [2.05, 4.69) is 39.4 Å². The number of nitrogens with two attached hydrogens (primary N) is 1. The van der Waals surface area contributed by atoms with Gasteiger partial charge in [-0.1, -0.05) is 26.0 Å². The lowest BCUT2D eigenvalue weighted by Gasteiger charge is -2.12. The van der Waals surface area contributed by atoms with Gasteiger partial charge in [-0.2, -0.15) is 15.0 Å². The highest BCUT2D eigenvalue weighted by atomic mass is 16.5. The maximum Gasteiger partial charge on any atom is 0.228 e. The lowest BCUT2D eigenvalue weighted by atomic mass is 10.2. The molecule has 0 fully saturated rings. The molecule has 0 spiro atoms. The third-order valence-corrected chi connectivity index (χ3v) is 3.92. The standard InChI is InChI=1S/C20H32N6O3/c1-15(2)18-24-19(22-8-10-29-12-11-28-9-7-21)26-20(25-18)23-14-16-5-4-6-17(13-16)27-3/h4-6,13,15H,7-12,14,21H2,1-3H3,(H2,22,23,24,25,26). The number of benzene rings is 1. The van der Waals surface area contributed by atoms with Gasteiger partial charge in [0.05, 0.1) is 33.5 Å². The molecule has 160 valence electrons. The Labute approximate surface area is 172 Å². The molecule has 9 nitrogen and oxygen atoms in total. The van der Waals surface area contributed by atoms with Crippen molar-refractivity contribution in [1.82, 2.24) is 15.0 Å². The van der Waals surface area contributed by atoms with Crippen LogP contribution in [0.5, 0.6) is 5.75 Å². The maximum absolute atomic E-state index is 5.51. The van der Waals surface area contributed by atoms with Crippen molar-refractivity contribution < 1.29 is 14.2 Å². The molecule has 0 aliphatic rings. The fraction of sp³-hybridized carbons (Fsp3) is 0.550. The first-order chi connectivity index (χ1) is 14.1. The molecule has 0 amide bonds. The zero-order chi connectivity index (χ0) is 20.9. The van der Waals surface area contributed by atoms with Crippen LogP contribution in [0, 0.1) is 0 Å². The molecule has 9 heteroatoms. The van der Waals surface area contributed by atoms with E-state index in [4.69, 9.17) is 19.9 Å². The second-order valence-electron chi connectivity index (χ2n) is 6.64. The van der Waals surface area contributed by atoms with E-state index in [0.29, 0.717) is 58.0 Å². The highest BCUT2D eigenvalue weighted by Gasteiger charge is 2.09. The topological polar surface area (TPSA) is 116 Å². The van der Waals surface area contributed by atoms with Crippen molar-refractivity contribution in [3.8, 4) is 5.75 Å². The minimum atomic E-state index is 0.187. The van der Waals surface area contributed by atoms with Crippen molar-refractivity contribution in [3.05, 3.63) is 35.7 Å². The molecule has 1 heterocycles. The molecule has 2 rings (SSSR count). The predicted molar refractivity (Wildman–Crippen MR) is 113 cm³/mol. The van der Waals surface area contributed by atoms with E-state index in [1.54, 1.807) is 7.11 Å². The summed E-state index contributed by atoms with van der Waals surface area (Å²) in [5, 5.41) is 6.45. The molecule has 0 saturated heterocycles. The van der Waals surface area contributed by atoms with Crippen LogP contribution in [0.4, 0.5) is 11.9 Å². The number of nitrogens with zero attached hydrogens (tertiary/aromatic N) is 3. The molecule has 2 aromatic rings. The van der Waals surface area contributed by atoms with Crippen LogP contribution in [-0.2, 0) is 16.0 Å². The Hall–Kier alpha value is -2.49. The summed E-state index contributed by atoms with van der Waals surface area (Å²) < 4.78 is 16.0. The zero-order valence-electron chi connectivity index (χ0n) is 17.5. The van der Waals surface area contributed by atoms with Crippen LogP contribution < -0.4 is 21.1 Å². The Morgan fingerprint density at radius 2 is 1.69 bits per heavy atom. The number of rotatable bonds is 14. The molecule has 29 heavy (non-hydrogen) atoms. The van der Waals surface area contributed by atoms with Crippen LogP contribution in [0.1, 0.15) is 31.2 Å². The van der Waals surface area contributed by atoms with E-state index in [1.807, 2.05) is 24.3 Å². The number of ether oxygens (including phenoxy) is 3. The van der Waals surface area contributed by atoms with E-state index in [0.717, 1.165) is 17.1 Å². The normalized spacial score (nSPS) is 10.9. The SMILES string of the molecule is COc1cccc(CNc2nc(NCCOCCOCCN)nc(C(C)C)n2)c1. The zero-order valence-corrected chi connectivity index (χ0v) is 17.5. The summed E-state index contributed by atoms with van der Waals surface area (Å²) in [6.45, 7) is 7.95. The van der Waals surface area contributed by atoms with E-state index >= 15 is 0 Å². The van der Waals surface area contributed by atoms with Gasteiger partial charge in [0.2, 0.25) is 11.9 Å². The van der Waals surface area contributed by atoms with Crippen molar-refractivity contribution in [3.63, 3.8) is 0 Å². The number of hydrogen-bond donors (Lipinski definition) is 3. The van der Waals surface area contributed by atoms with Crippen molar-refractivity contribution in [2.75, 3.05) is 57.3 Å². The lowest BCUT2D eigenvalue weighted by Crippen LogP contribution is -2.17. The quantitative estimate of drug-likeness (QED) is 0.407. The molecule has 1 aromatic heterocycles. The summed E-state index contributed by atoms with van der Waals surface area (Å²) in [6.07, 6.45) is 0. The summed E-state index contributed by atoms with van der Waals surface area (Å²) in [5.74, 6) is 2.79. The molecule has 4 N–H and O–H groups in total. The summed E-state index contributed by atoms with van der Waals surface area (Å²) in [6, 6.07) is 7.87. The van der Waals surface area contributed by atoms with Gasteiger partial charge in [0.15, 0.2) is 0 Å². The van der Waals surface area contributed by atoms with E-state index in [1.165, 1.54) is 0 Å². The molecule has 0 aliphatic carbocycles. The molecule has 0 saturated carbocycles. The summed E-state index contributed by atoms with van der Waals surface area (Å²) >= 11 is 0. The van der Waals surface area contributed by atoms with Crippen molar-refractivity contribution in [1.29, 1.82) is 0 Å². The van der Waals surface area contributed by atoms with Gasteiger partial charge in [0, 0.05) is 25.6 Å². The van der Waals surface area contributed by atoms with Gasteiger partial charge in [0.25, 0.3) is 0 Å². The van der Waals surface area contributed by atoms with Gasteiger partial charge in [-0.3, -0.25) is 0 Å². The smallest absolute Gasteiger partial charge is 0.228 e. The molecule has 0 aliphatic heterocycles. The minimum Gasteiger partial charge on any atom is -0.497 e. The van der Waals surface area contributed by atoms with Crippen LogP contribution in [-0.4, -0.2) is 61.6 Å².